The monoisotopic (exact) mass is 364 g/mol. The van der Waals surface area contributed by atoms with E-state index in [9.17, 15) is 0 Å². The molecule has 1 aromatic rings. The van der Waals surface area contributed by atoms with Crippen molar-refractivity contribution in [2.45, 2.75) is 45.7 Å². The quantitative estimate of drug-likeness (QED) is 0.477. The molecule has 0 amide bonds. The number of aryl methyl sites for hydroxylation is 1. The lowest BCUT2D eigenvalue weighted by Gasteiger charge is -2.09. The zero-order valence-corrected chi connectivity index (χ0v) is 13.2. The van der Waals surface area contributed by atoms with Crippen LogP contribution in [-0.4, -0.2) is 23.7 Å². The van der Waals surface area contributed by atoms with E-state index in [1.165, 1.54) is 12.8 Å². The van der Waals surface area contributed by atoms with E-state index >= 15 is 0 Å². The zero-order valence-electron chi connectivity index (χ0n) is 10.9. The number of aliphatic imine (C=N–C) groups is 1. The minimum atomic E-state index is 0. The Morgan fingerprint density at radius 1 is 1.50 bits per heavy atom. The molecule has 1 aliphatic rings. The SMILES string of the molecule is CCNC(=NCc1cc(CC)no1)NC1CC1.I. The fraction of sp³-hybridized carbons (Fsp3) is 0.667. The number of guanidine groups is 1. The van der Waals surface area contributed by atoms with Gasteiger partial charge in [0.05, 0.1) is 5.69 Å². The molecule has 0 atom stereocenters. The molecule has 2 rings (SSSR count). The Bertz CT molecular complexity index is 387. The molecule has 0 spiro atoms. The van der Waals surface area contributed by atoms with Gasteiger partial charge < -0.3 is 15.2 Å². The third kappa shape index (κ3) is 4.83. The summed E-state index contributed by atoms with van der Waals surface area (Å²) in [7, 11) is 0. The summed E-state index contributed by atoms with van der Waals surface area (Å²) in [6, 6.07) is 2.57. The smallest absolute Gasteiger partial charge is 0.191 e. The van der Waals surface area contributed by atoms with Crippen LogP contribution in [0.25, 0.3) is 0 Å². The van der Waals surface area contributed by atoms with Gasteiger partial charge in [-0.1, -0.05) is 12.1 Å². The lowest BCUT2D eigenvalue weighted by Crippen LogP contribution is -2.38. The number of halogens is 1. The topological polar surface area (TPSA) is 62.5 Å². The average Bonchev–Trinajstić information content (AvgIpc) is 3.03. The molecule has 2 N–H and O–H groups in total. The highest BCUT2D eigenvalue weighted by atomic mass is 127. The van der Waals surface area contributed by atoms with Crippen LogP contribution >= 0.6 is 24.0 Å². The van der Waals surface area contributed by atoms with Gasteiger partial charge in [-0.15, -0.1) is 24.0 Å². The molecule has 102 valence electrons. The highest BCUT2D eigenvalue weighted by Crippen LogP contribution is 2.18. The fourth-order valence-electron chi connectivity index (χ4n) is 1.49. The molecule has 1 heterocycles. The minimum Gasteiger partial charge on any atom is -0.359 e. The first-order valence-electron chi connectivity index (χ1n) is 6.31. The van der Waals surface area contributed by atoms with Crippen LogP contribution in [-0.2, 0) is 13.0 Å². The van der Waals surface area contributed by atoms with Crippen molar-refractivity contribution < 1.29 is 4.52 Å². The first kappa shape index (κ1) is 15.3. The van der Waals surface area contributed by atoms with Crippen molar-refractivity contribution in [3.05, 3.63) is 17.5 Å². The number of aromatic nitrogens is 1. The molecule has 0 unspecified atom stereocenters. The average molecular weight is 364 g/mol. The number of nitrogens with zero attached hydrogens (tertiary/aromatic N) is 2. The molecule has 0 radical (unpaired) electrons. The molecule has 0 aliphatic heterocycles. The van der Waals surface area contributed by atoms with E-state index < -0.39 is 0 Å². The molecule has 1 aromatic heterocycles. The van der Waals surface area contributed by atoms with Gasteiger partial charge in [0.25, 0.3) is 0 Å². The summed E-state index contributed by atoms with van der Waals surface area (Å²) in [5, 5.41) is 10.5. The van der Waals surface area contributed by atoms with Crippen molar-refractivity contribution in [3.8, 4) is 0 Å². The maximum atomic E-state index is 5.19. The second kappa shape index (κ2) is 7.60. The summed E-state index contributed by atoms with van der Waals surface area (Å²) in [5.74, 6) is 1.68. The third-order valence-corrected chi connectivity index (χ3v) is 2.63. The number of nitrogens with one attached hydrogen (secondary N) is 2. The summed E-state index contributed by atoms with van der Waals surface area (Å²) in [5.41, 5.74) is 0.982. The maximum Gasteiger partial charge on any atom is 0.191 e. The molecule has 0 aromatic carbocycles. The Morgan fingerprint density at radius 2 is 2.28 bits per heavy atom. The van der Waals surface area contributed by atoms with Gasteiger partial charge in [-0.25, -0.2) is 4.99 Å². The first-order chi connectivity index (χ1) is 8.31. The normalized spacial score (nSPS) is 15.1. The molecule has 6 heteroatoms. The van der Waals surface area contributed by atoms with Gasteiger partial charge in [0, 0.05) is 18.7 Å². The van der Waals surface area contributed by atoms with Crippen molar-refractivity contribution in [1.29, 1.82) is 0 Å². The van der Waals surface area contributed by atoms with Crippen LogP contribution in [0.15, 0.2) is 15.6 Å². The Labute approximate surface area is 125 Å². The Morgan fingerprint density at radius 3 is 2.83 bits per heavy atom. The van der Waals surface area contributed by atoms with Gasteiger partial charge in [-0.2, -0.15) is 0 Å². The molecule has 0 saturated heterocycles. The van der Waals surface area contributed by atoms with Crippen LogP contribution < -0.4 is 10.6 Å². The largest absolute Gasteiger partial charge is 0.359 e. The van der Waals surface area contributed by atoms with Gasteiger partial charge in [0.2, 0.25) is 0 Å². The Balaban J connectivity index is 0.00000162. The Kier molecular flexibility index (Phi) is 6.45. The van der Waals surface area contributed by atoms with Gasteiger partial charge in [0.15, 0.2) is 11.7 Å². The summed E-state index contributed by atoms with van der Waals surface area (Å²) >= 11 is 0. The van der Waals surface area contributed by atoms with Crippen molar-refractivity contribution in [3.63, 3.8) is 0 Å². The summed E-state index contributed by atoms with van der Waals surface area (Å²) < 4.78 is 5.19. The van der Waals surface area contributed by atoms with Gasteiger partial charge in [0.1, 0.15) is 6.54 Å². The standard InChI is InChI=1S/C12H20N4O.HI/c1-3-9-7-11(17-16-9)8-14-12(13-4-2)15-10-5-6-10;/h7,10H,3-6,8H2,1-2H3,(H2,13,14,15);1H. The first-order valence-corrected chi connectivity index (χ1v) is 6.31. The van der Waals surface area contributed by atoms with Crippen molar-refractivity contribution in [2.75, 3.05) is 6.54 Å². The number of hydrogen-bond acceptors (Lipinski definition) is 3. The van der Waals surface area contributed by atoms with Gasteiger partial charge in [-0.3, -0.25) is 0 Å². The van der Waals surface area contributed by atoms with Crippen molar-refractivity contribution >= 4 is 29.9 Å². The van der Waals surface area contributed by atoms with E-state index in [-0.39, 0.29) is 24.0 Å². The second-order valence-electron chi connectivity index (χ2n) is 4.25. The lowest BCUT2D eigenvalue weighted by atomic mass is 10.3. The van der Waals surface area contributed by atoms with Crippen LogP contribution in [0.5, 0.6) is 0 Å². The van der Waals surface area contributed by atoms with E-state index in [1.807, 2.05) is 6.07 Å². The van der Waals surface area contributed by atoms with E-state index in [1.54, 1.807) is 0 Å². The lowest BCUT2D eigenvalue weighted by molar-refractivity contribution is 0.379. The summed E-state index contributed by atoms with van der Waals surface area (Å²) in [4.78, 5) is 4.47. The van der Waals surface area contributed by atoms with Crippen LogP contribution in [0.3, 0.4) is 0 Å². The highest BCUT2D eigenvalue weighted by molar-refractivity contribution is 14.0. The summed E-state index contributed by atoms with van der Waals surface area (Å²) in [6.45, 7) is 5.53. The Hall–Kier alpha value is -0.790. The highest BCUT2D eigenvalue weighted by Gasteiger charge is 2.22. The van der Waals surface area contributed by atoms with Gasteiger partial charge in [-0.05, 0) is 26.2 Å². The number of hydrogen-bond donors (Lipinski definition) is 2. The van der Waals surface area contributed by atoms with E-state index in [0.29, 0.717) is 12.6 Å². The van der Waals surface area contributed by atoms with Crippen LogP contribution in [0.1, 0.15) is 38.1 Å². The number of rotatable bonds is 5. The molecule has 0 bridgehead atoms. The van der Waals surface area contributed by atoms with Crippen LogP contribution in [0.4, 0.5) is 0 Å². The molecular weight excluding hydrogens is 343 g/mol. The second-order valence-corrected chi connectivity index (χ2v) is 4.25. The van der Waals surface area contributed by atoms with E-state index in [4.69, 9.17) is 4.52 Å². The van der Waals surface area contributed by atoms with Crippen LogP contribution in [0, 0.1) is 0 Å². The molecule has 1 aliphatic carbocycles. The zero-order chi connectivity index (χ0) is 12.1. The molecule has 5 nitrogen and oxygen atoms in total. The molecule has 18 heavy (non-hydrogen) atoms. The summed E-state index contributed by atoms with van der Waals surface area (Å²) in [6.07, 6.45) is 3.38. The molecule has 1 saturated carbocycles. The van der Waals surface area contributed by atoms with E-state index in [0.717, 1.165) is 30.4 Å². The van der Waals surface area contributed by atoms with Crippen molar-refractivity contribution in [2.24, 2.45) is 4.99 Å². The van der Waals surface area contributed by atoms with E-state index in [2.05, 4.69) is 34.6 Å². The third-order valence-electron chi connectivity index (χ3n) is 2.63. The molecule has 1 fully saturated rings. The van der Waals surface area contributed by atoms with Gasteiger partial charge >= 0.3 is 0 Å². The predicted octanol–water partition coefficient (Wildman–Crippen LogP) is 2.07. The minimum absolute atomic E-state index is 0. The maximum absolute atomic E-state index is 5.19. The van der Waals surface area contributed by atoms with Crippen molar-refractivity contribution in [1.82, 2.24) is 15.8 Å². The predicted molar refractivity (Wildman–Crippen MR) is 82.3 cm³/mol. The van der Waals surface area contributed by atoms with Crippen LogP contribution in [0.2, 0.25) is 0 Å². The molecular formula is C12H21IN4O. The fourth-order valence-corrected chi connectivity index (χ4v) is 1.49.